The number of ether oxygens (including phenoxy) is 1. The number of pyridine rings is 1. The van der Waals surface area contributed by atoms with E-state index < -0.39 is 16.1 Å². The molecule has 0 bridgehead atoms. The number of benzene rings is 1. The van der Waals surface area contributed by atoms with E-state index in [1.165, 1.54) is 22.1 Å². The van der Waals surface area contributed by atoms with Crippen LogP contribution in [0.1, 0.15) is 25.1 Å². The van der Waals surface area contributed by atoms with Gasteiger partial charge in [0.05, 0.1) is 29.5 Å². The average Bonchev–Trinajstić information content (AvgIpc) is 3.23. The Bertz CT molecular complexity index is 1390. The number of hydrogen-bond acceptors (Lipinski definition) is 6. The van der Waals surface area contributed by atoms with Gasteiger partial charge in [-0.05, 0) is 42.8 Å². The number of aryl methyl sites for hydroxylation is 1. The first-order valence-corrected chi connectivity index (χ1v) is 13.0. The summed E-state index contributed by atoms with van der Waals surface area (Å²) in [6, 6.07) is 8.65. The molecule has 3 aromatic rings. The number of amides is 1. The number of hydrogen-bond donors (Lipinski definition) is 1. The quantitative estimate of drug-likeness (QED) is 0.492. The molecular weight excluding hydrogens is 513 g/mol. The highest BCUT2D eigenvalue weighted by molar-refractivity contribution is 7.93. The van der Waals surface area contributed by atoms with Crippen LogP contribution in [0.2, 0.25) is 10.2 Å². The van der Waals surface area contributed by atoms with Gasteiger partial charge in [0.1, 0.15) is 16.7 Å². The highest BCUT2D eigenvalue weighted by Crippen LogP contribution is 2.39. The van der Waals surface area contributed by atoms with Gasteiger partial charge in [0.25, 0.3) is 10.0 Å². The van der Waals surface area contributed by atoms with Crippen LogP contribution in [-0.4, -0.2) is 48.3 Å². The molecule has 4 rings (SSSR count). The molecule has 0 saturated carbocycles. The van der Waals surface area contributed by atoms with Gasteiger partial charge in [-0.25, -0.2) is 8.42 Å². The van der Waals surface area contributed by atoms with Crippen molar-refractivity contribution in [3.8, 4) is 5.75 Å². The molecule has 0 spiro atoms. The van der Waals surface area contributed by atoms with Gasteiger partial charge in [0.15, 0.2) is 5.15 Å². The van der Waals surface area contributed by atoms with Crippen LogP contribution >= 0.6 is 23.2 Å². The molecule has 2 aromatic heterocycles. The van der Waals surface area contributed by atoms with Gasteiger partial charge in [-0.1, -0.05) is 35.3 Å². The lowest BCUT2D eigenvalue weighted by Crippen LogP contribution is -2.48. The van der Waals surface area contributed by atoms with E-state index in [1.54, 1.807) is 48.7 Å². The van der Waals surface area contributed by atoms with Gasteiger partial charge >= 0.3 is 0 Å². The smallest absolute Gasteiger partial charge is 0.269 e. The van der Waals surface area contributed by atoms with Gasteiger partial charge in [-0.15, -0.1) is 0 Å². The molecule has 0 unspecified atom stereocenters. The van der Waals surface area contributed by atoms with Crippen LogP contribution < -0.4 is 14.4 Å². The molecule has 184 valence electrons. The molecule has 0 radical (unpaired) electrons. The topological polar surface area (TPSA) is 106 Å². The molecule has 3 heterocycles. The lowest BCUT2D eigenvalue weighted by atomic mass is 10.1. The molecular formula is C23H23Cl2N5O4S. The second-order valence-electron chi connectivity index (χ2n) is 7.78. The predicted molar refractivity (Wildman–Crippen MR) is 135 cm³/mol. The van der Waals surface area contributed by atoms with Gasteiger partial charge < -0.3 is 10.1 Å². The molecule has 1 aliphatic heterocycles. The first kappa shape index (κ1) is 25.0. The zero-order chi connectivity index (χ0) is 25.2. The van der Waals surface area contributed by atoms with Crippen molar-refractivity contribution < 1.29 is 17.9 Å². The maximum absolute atomic E-state index is 13.7. The normalized spacial score (nSPS) is 15.7. The van der Waals surface area contributed by atoms with E-state index in [2.05, 4.69) is 15.4 Å². The van der Waals surface area contributed by atoms with Crippen LogP contribution in [-0.2, 0) is 21.4 Å². The number of anilines is 1. The fraction of sp³-hybridized carbons (Fsp3) is 0.261. The lowest BCUT2D eigenvalue weighted by molar-refractivity contribution is -0.119. The standard InChI is InChI=1S/C23H23Cl2N5O4S/c1-3-29-14-22(23(25)28-29)35(32,33)30-13-17(12-27-15(2)31)34-21-9-7-16(11-20(21)30)6-8-19-18(24)5-4-10-26-19/h4-11,14,17H,3,12-13H2,1-2H3,(H,27,31)/b8-6+/t17-/m0/s1. The molecule has 1 aromatic carbocycles. The van der Waals surface area contributed by atoms with Crippen molar-refractivity contribution in [2.45, 2.75) is 31.4 Å². The third kappa shape index (κ3) is 5.44. The summed E-state index contributed by atoms with van der Waals surface area (Å²) < 4.78 is 36.1. The zero-order valence-electron chi connectivity index (χ0n) is 19.0. The lowest BCUT2D eigenvalue weighted by Gasteiger charge is -2.35. The first-order chi connectivity index (χ1) is 16.7. The van der Waals surface area contributed by atoms with E-state index in [1.807, 2.05) is 6.92 Å². The minimum atomic E-state index is -4.09. The van der Waals surface area contributed by atoms with Crippen molar-refractivity contribution in [3.05, 3.63) is 64.2 Å². The average molecular weight is 536 g/mol. The van der Waals surface area contributed by atoms with Gasteiger partial charge in [0.2, 0.25) is 5.91 Å². The summed E-state index contributed by atoms with van der Waals surface area (Å²) >= 11 is 12.4. The summed E-state index contributed by atoms with van der Waals surface area (Å²) in [5.41, 5.74) is 1.64. The molecule has 1 N–H and O–H groups in total. The van der Waals surface area contributed by atoms with Crippen LogP contribution in [0.15, 0.2) is 47.6 Å². The summed E-state index contributed by atoms with van der Waals surface area (Å²) in [6.45, 7) is 3.80. The molecule has 9 nitrogen and oxygen atoms in total. The van der Waals surface area contributed by atoms with Crippen LogP contribution in [0, 0.1) is 0 Å². The number of fused-ring (bicyclic) bond motifs is 1. The third-order valence-electron chi connectivity index (χ3n) is 5.29. The molecule has 1 atom stereocenters. The highest BCUT2D eigenvalue weighted by Gasteiger charge is 2.37. The number of carbonyl (C=O) groups excluding carboxylic acids is 1. The van der Waals surface area contributed by atoms with Crippen molar-refractivity contribution in [2.24, 2.45) is 0 Å². The minimum Gasteiger partial charge on any atom is -0.484 e. The second-order valence-corrected chi connectivity index (χ2v) is 10.4. The van der Waals surface area contributed by atoms with Crippen LogP contribution in [0.25, 0.3) is 12.2 Å². The number of halogens is 2. The maximum Gasteiger partial charge on any atom is 0.269 e. The van der Waals surface area contributed by atoms with E-state index in [4.69, 9.17) is 27.9 Å². The summed E-state index contributed by atoms with van der Waals surface area (Å²) in [4.78, 5) is 15.5. The summed E-state index contributed by atoms with van der Waals surface area (Å²) in [5.74, 6) is 0.122. The van der Waals surface area contributed by atoms with Gasteiger partial charge in [-0.3, -0.25) is 18.8 Å². The molecule has 12 heteroatoms. The molecule has 0 saturated heterocycles. The number of nitrogens with one attached hydrogen (secondary N) is 1. The monoisotopic (exact) mass is 535 g/mol. The number of nitrogens with zero attached hydrogens (tertiary/aromatic N) is 4. The minimum absolute atomic E-state index is 0.0253. The van der Waals surface area contributed by atoms with Crippen molar-refractivity contribution >= 4 is 57.0 Å². The van der Waals surface area contributed by atoms with Gasteiger partial charge in [-0.2, -0.15) is 5.10 Å². The maximum atomic E-state index is 13.7. The van der Waals surface area contributed by atoms with Crippen molar-refractivity contribution in [3.63, 3.8) is 0 Å². The SMILES string of the molecule is CCn1cc(S(=O)(=O)N2C[C@H](CNC(C)=O)Oc3ccc(/C=C/c4ncccc4Cl)cc32)c(Cl)n1. The molecule has 1 aliphatic rings. The van der Waals surface area contributed by atoms with E-state index in [0.29, 0.717) is 34.3 Å². The summed E-state index contributed by atoms with van der Waals surface area (Å²) in [5, 5.41) is 7.14. The number of rotatable bonds is 7. The van der Waals surface area contributed by atoms with E-state index in [9.17, 15) is 13.2 Å². The van der Waals surface area contributed by atoms with Crippen LogP contribution in [0.3, 0.4) is 0 Å². The van der Waals surface area contributed by atoms with Crippen LogP contribution in [0.5, 0.6) is 5.75 Å². The van der Waals surface area contributed by atoms with Gasteiger partial charge in [0, 0.05) is 25.9 Å². The fourth-order valence-electron chi connectivity index (χ4n) is 3.55. The molecule has 35 heavy (non-hydrogen) atoms. The molecule has 1 amide bonds. The Hall–Kier alpha value is -3.08. The number of sulfonamides is 1. The van der Waals surface area contributed by atoms with E-state index in [-0.39, 0.29) is 29.0 Å². The Kier molecular flexibility index (Phi) is 7.34. The molecule has 0 aliphatic carbocycles. The summed E-state index contributed by atoms with van der Waals surface area (Å²) in [6.07, 6.45) is 5.97. The van der Waals surface area contributed by atoms with E-state index >= 15 is 0 Å². The van der Waals surface area contributed by atoms with Crippen molar-refractivity contribution in [1.82, 2.24) is 20.1 Å². The Morgan fingerprint density at radius 2 is 2.09 bits per heavy atom. The van der Waals surface area contributed by atoms with E-state index in [0.717, 1.165) is 0 Å². The largest absolute Gasteiger partial charge is 0.484 e. The van der Waals surface area contributed by atoms with Crippen LogP contribution in [0.4, 0.5) is 5.69 Å². The Labute approximate surface area is 213 Å². The predicted octanol–water partition coefficient (Wildman–Crippen LogP) is 3.87. The fourth-order valence-corrected chi connectivity index (χ4v) is 5.69. The number of carbonyl (C=O) groups is 1. The number of aromatic nitrogens is 3. The third-order valence-corrected chi connectivity index (χ3v) is 7.78. The Balaban J connectivity index is 1.74. The highest BCUT2D eigenvalue weighted by atomic mass is 35.5. The van der Waals surface area contributed by atoms with Crippen molar-refractivity contribution in [1.29, 1.82) is 0 Å². The molecule has 0 fully saturated rings. The first-order valence-electron chi connectivity index (χ1n) is 10.8. The Morgan fingerprint density at radius 3 is 2.77 bits per heavy atom. The second kappa shape index (κ2) is 10.3. The van der Waals surface area contributed by atoms with Crippen molar-refractivity contribution in [2.75, 3.05) is 17.4 Å². The summed E-state index contributed by atoms with van der Waals surface area (Å²) in [7, 11) is -4.09. The Morgan fingerprint density at radius 1 is 1.29 bits per heavy atom. The zero-order valence-corrected chi connectivity index (χ0v) is 21.3.